The molecule has 2 aromatic heterocycles. The van der Waals surface area contributed by atoms with Crippen LogP contribution in [0.15, 0.2) is 29.8 Å². The van der Waals surface area contributed by atoms with Crippen LogP contribution in [-0.4, -0.2) is 52.2 Å². The second-order valence-electron chi connectivity index (χ2n) is 5.08. The zero-order valence-corrected chi connectivity index (χ0v) is 12.6. The molecule has 7 heteroatoms. The Labute approximate surface area is 127 Å². The Morgan fingerprint density at radius 2 is 2.19 bits per heavy atom. The average molecular weight is 305 g/mol. The number of aromatic nitrogens is 2. The van der Waals surface area contributed by atoms with Crippen molar-refractivity contribution in [3.63, 3.8) is 0 Å². The molecular formula is C14H19N5OS. The molecule has 0 spiro atoms. The summed E-state index contributed by atoms with van der Waals surface area (Å²) in [6.07, 6.45) is 1.69. The zero-order valence-electron chi connectivity index (χ0n) is 11.8. The maximum Gasteiger partial charge on any atom is 0.317 e. The summed E-state index contributed by atoms with van der Waals surface area (Å²) >= 11 is 1.79. The summed E-state index contributed by atoms with van der Waals surface area (Å²) in [4.78, 5) is 17.7. The van der Waals surface area contributed by atoms with Gasteiger partial charge in [0, 0.05) is 43.8 Å². The highest BCUT2D eigenvalue weighted by Gasteiger charge is 2.21. The third-order valence-corrected chi connectivity index (χ3v) is 4.47. The molecule has 1 saturated heterocycles. The van der Waals surface area contributed by atoms with Crippen molar-refractivity contribution in [3.8, 4) is 0 Å². The summed E-state index contributed by atoms with van der Waals surface area (Å²) in [6.45, 7) is 4.89. The van der Waals surface area contributed by atoms with Crippen LogP contribution >= 0.6 is 11.3 Å². The smallest absolute Gasteiger partial charge is 0.317 e. The van der Waals surface area contributed by atoms with Gasteiger partial charge in [0.2, 0.25) is 0 Å². The first-order chi connectivity index (χ1) is 10.3. The molecule has 0 saturated carbocycles. The van der Waals surface area contributed by atoms with E-state index in [1.807, 2.05) is 11.0 Å². The SMILES string of the molecule is O=C(NCc1ccn[nH]1)N1CCN(Cc2cccs2)CC1. The minimum absolute atomic E-state index is 0.000346. The van der Waals surface area contributed by atoms with Gasteiger partial charge in [0.15, 0.2) is 0 Å². The molecule has 2 amide bonds. The summed E-state index contributed by atoms with van der Waals surface area (Å²) in [6, 6.07) is 6.10. The minimum Gasteiger partial charge on any atom is -0.332 e. The predicted octanol–water partition coefficient (Wildman–Crippen LogP) is 1.50. The van der Waals surface area contributed by atoms with E-state index in [0.717, 1.165) is 38.4 Å². The van der Waals surface area contributed by atoms with Gasteiger partial charge in [-0.15, -0.1) is 11.3 Å². The number of nitrogens with one attached hydrogen (secondary N) is 2. The zero-order chi connectivity index (χ0) is 14.5. The first-order valence-electron chi connectivity index (χ1n) is 7.07. The van der Waals surface area contributed by atoms with E-state index in [9.17, 15) is 4.79 Å². The van der Waals surface area contributed by atoms with Crippen molar-refractivity contribution in [1.29, 1.82) is 0 Å². The summed E-state index contributed by atoms with van der Waals surface area (Å²) in [7, 11) is 0. The van der Waals surface area contributed by atoms with E-state index in [-0.39, 0.29) is 6.03 Å². The standard InChI is InChI=1S/C14H19N5OS/c20-14(15-10-12-3-4-16-17-12)19-7-5-18(6-8-19)11-13-2-1-9-21-13/h1-4,9H,5-8,10-11H2,(H,15,20)(H,16,17). The Morgan fingerprint density at radius 1 is 1.33 bits per heavy atom. The van der Waals surface area contributed by atoms with Gasteiger partial charge >= 0.3 is 6.03 Å². The number of thiophene rings is 1. The third kappa shape index (κ3) is 3.83. The predicted molar refractivity (Wildman–Crippen MR) is 82.0 cm³/mol. The van der Waals surface area contributed by atoms with Crippen LogP contribution in [0.1, 0.15) is 10.6 Å². The van der Waals surface area contributed by atoms with E-state index in [1.165, 1.54) is 4.88 Å². The lowest BCUT2D eigenvalue weighted by Gasteiger charge is -2.34. The summed E-state index contributed by atoms with van der Waals surface area (Å²) in [5.41, 5.74) is 0.916. The molecule has 6 nitrogen and oxygen atoms in total. The maximum absolute atomic E-state index is 12.1. The number of hydrogen-bond donors (Lipinski definition) is 2. The van der Waals surface area contributed by atoms with E-state index in [1.54, 1.807) is 17.5 Å². The Hall–Kier alpha value is -1.86. The Bertz CT molecular complexity index is 546. The molecule has 3 rings (SSSR count). The van der Waals surface area contributed by atoms with Gasteiger partial charge in [-0.1, -0.05) is 6.07 Å². The fourth-order valence-corrected chi connectivity index (χ4v) is 3.14. The molecule has 112 valence electrons. The summed E-state index contributed by atoms with van der Waals surface area (Å²) in [5, 5.41) is 11.7. The number of H-pyrrole nitrogens is 1. The quantitative estimate of drug-likeness (QED) is 0.900. The molecule has 0 aliphatic carbocycles. The molecular weight excluding hydrogens is 286 g/mol. The van der Waals surface area contributed by atoms with E-state index >= 15 is 0 Å². The fourth-order valence-electron chi connectivity index (χ4n) is 2.40. The van der Waals surface area contributed by atoms with Gasteiger partial charge in [-0.25, -0.2) is 4.79 Å². The molecule has 21 heavy (non-hydrogen) atoms. The molecule has 1 aliphatic rings. The van der Waals surface area contributed by atoms with E-state index in [0.29, 0.717) is 6.54 Å². The monoisotopic (exact) mass is 305 g/mol. The molecule has 0 bridgehead atoms. The largest absolute Gasteiger partial charge is 0.332 e. The number of nitrogens with zero attached hydrogens (tertiary/aromatic N) is 3. The van der Waals surface area contributed by atoms with Gasteiger partial charge in [0.25, 0.3) is 0 Å². The van der Waals surface area contributed by atoms with Crippen LogP contribution in [0.2, 0.25) is 0 Å². The molecule has 1 aliphatic heterocycles. The topological polar surface area (TPSA) is 64.3 Å². The van der Waals surface area contributed by atoms with Gasteiger partial charge in [-0.05, 0) is 17.5 Å². The number of aromatic amines is 1. The van der Waals surface area contributed by atoms with Gasteiger partial charge < -0.3 is 10.2 Å². The third-order valence-electron chi connectivity index (χ3n) is 3.61. The summed E-state index contributed by atoms with van der Waals surface area (Å²) < 4.78 is 0. The van der Waals surface area contributed by atoms with Gasteiger partial charge in [-0.2, -0.15) is 5.10 Å². The number of amides is 2. The van der Waals surface area contributed by atoms with E-state index in [2.05, 4.69) is 37.9 Å². The summed E-state index contributed by atoms with van der Waals surface area (Å²) in [5.74, 6) is 0. The van der Waals surface area contributed by atoms with Crippen LogP contribution in [0.4, 0.5) is 4.79 Å². The minimum atomic E-state index is 0.000346. The van der Waals surface area contributed by atoms with Crippen molar-refractivity contribution < 1.29 is 4.79 Å². The van der Waals surface area contributed by atoms with Crippen molar-refractivity contribution in [1.82, 2.24) is 25.3 Å². The van der Waals surface area contributed by atoms with Gasteiger partial charge in [0.1, 0.15) is 0 Å². The van der Waals surface area contributed by atoms with Gasteiger partial charge in [0.05, 0.1) is 12.2 Å². The number of carbonyl (C=O) groups is 1. The molecule has 2 N–H and O–H groups in total. The number of carbonyl (C=O) groups excluding carboxylic acids is 1. The lowest BCUT2D eigenvalue weighted by atomic mass is 10.3. The van der Waals surface area contributed by atoms with Crippen LogP contribution < -0.4 is 5.32 Å². The molecule has 2 aromatic rings. The lowest BCUT2D eigenvalue weighted by molar-refractivity contribution is 0.135. The number of rotatable bonds is 4. The highest BCUT2D eigenvalue weighted by molar-refractivity contribution is 7.09. The number of hydrogen-bond acceptors (Lipinski definition) is 4. The van der Waals surface area contributed by atoms with Crippen molar-refractivity contribution in [2.75, 3.05) is 26.2 Å². The molecule has 0 unspecified atom stereocenters. The molecule has 0 aromatic carbocycles. The Balaban J connectivity index is 1.41. The number of urea groups is 1. The number of piperazine rings is 1. The van der Waals surface area contributed by atoms with Crippen molar-refractivity contribution in [2.24, 2.45) is 0 Å². The second kappa shape index (κ2) is 6.73. The molecule has 1 fully saturated rings. The van der Waals surface area contributed by atoms with Crippen LogP contribution in [0.5, 0.6) is 0 Å². The van der Waals surface area contributed by atoms with E-state index < -0.39 is 0 Å². The normalized spacial score (nSPS) is 16.1. The van der Waals surface area contributed by atoms with Crippen molar-refractivity contribution >= 4 is 17.4 Å². The maximum atomic E-state index is 12.1. The Kier molecular flexibility index (Phi) is 4.52. The highest BCUT2D eigenvalue weighted by Crippen LogP contribution is 2.13. The lowest BCUT2D eigenvalue weighted by Crippen LogP contribution is -2.51. The van der Waals surface area contributed by atoms with Crippen LogP contribution in [-0.2, 0) is 13.1 Å². The van der Waals surface area contributed by atoms with Crippen LogP contribution in [0, 0.1) is 0 Å². The second-order valence-corrected chi connectivity index (χ2v) is 6.12. The van der Waals surface area contributed by atoms with Gasteiger partial charge in [-0.3, -0.25) is 10.00 Å². The van der Waals surface area contributed by atoms with Crippen molar-refractivity contribution in [2.45, 2.75) is 13.1 Å². The molecule has 0 radical (unpaired) electrons. The van der Waals surface area contributed by atoms with E-state index in [4.69, 9.17) is 0 Å². The first-order valence-corrected chi connectivity index (χ1v) is 7.95. The first kappa shape index (κ1) is 14.1. The average Bonchev–Trinajstić information content (AvgIpc) is 3.19. The Morgan fingerprint density at radius 3 is 2.86 bits per heavy atom. The van der Waals surface area contributed by atoms with Crippen LogP contribution in [0.25, 0.3) is 0 Å². The molecule has 3 heterocycles. The van der Waals surface area contributed by atoms with Crippen LogP contribution in [0.3, 0.4) is 0 Å². The fraction of sp³-hybridized carbons (Fsp3) is 0.429. The molecule has 0 atom stereocenters. The van der Waals surface area contributed by atoms with Crippen molar-refractivity contribution in [3.05, 3.63) is 40.3 Å². The highest BCUT2D eigenvalue weighted by atomic mass is 32.1.